The van der Waals surface area contributed by atoms with Gasteiger partial charge in [0.2, 0.25) is 0 Å². The zero-order valence-electron chi connectivity index (χ0n) is 5.46. The van der Waals surface area contributed by atoms with Gasteiger partial charge in [0.25, 0.3) is 10.0 Å². The first-order chi connectivity index (χ1) is 3.98. The maximum absolute atomic E-state index is 10.5. The Kier molecular flexibility index (Phi) is 2.58. The maximum Gasteiger partial charge on any atom is 0.274 e. The molecule has 0 unspecified atom stereocenters. The highest BCUT2D eigenvalue weighted by molar-refractivity contribution is 7.93. The van der Waals surface area contributed by atoms with Crippen molar-refractivity contribution < 1.29 is 8.42 Å². The molecule has 0 atom stereocenters. The zero-order valence-corrected chi connectivity index (χ0v) is 6.27. The van der Waals surface area contributed by atoms with Crippen LogP contribution < -0.4 is 0 Å². The van der Waals surface area contributed by atoms with Crippen molar-refractivity contribution in [2.24, 2.45) is 4.40 Å². The summed E-state index contributed by atoms with van der Waals surface area (Å²) in [6.45, 7) is 6.31. The predicted molar refractivity (Wildman–Crippen MR) is 37.9 cm³/mol. The van der Waals surface area contributed by atoms with Crippen molar-refractivity contribution in [2.75, 3.05) is 0 Å². The Morgan fingerprint density at radius 3 is 2.11 bits per heavy atom. The maximum atomic E-state index is 10.5. The second-order valence-electron chi connectivity index (χ2n) is 1.72. The lowest BCUT2D eigenvalue weighted by Crippen LogP contribution is -1.92. The first kappa shape index (κ1) is 8.36. The van der Waals surface area contributed by atoms with Gasteiger partial charge in [-0.25, -0.2) is 0 Å². The molecular formula is C5H9NO2S. The highest BCUT2D eigenvalue weighted by Gasteiger charge is 1.97. The number of rotatable bonds is 2. The van der Waals surface area contributed by atoms with Gasteiger partial charge in [-0.15, -0.1) is 0 Å². The minimum absolute atomic E-state index is 0.509. The Hall–Kier alpha value is -0.640. The van der Waals surface area contributed by atoms with E-state index in [4.69, 9.17) is 0 Å². The van der Waals surface area contributed by atoms with E-state index in [1.165, 1.54) is 0 Å². The third kappa shape index (κ3) is 3.90. The largest absolute Gasteiger partial charge is 0.274 e. The molecule has 0 aliphatic carbocycles. The second kappa shape index (κ2) is 2.77. The van der Waals surface area contributed by atoms with Crippen molar-refractivity contribution in [3.63, 3.8) is 0 Å². The monoisotopic (exact) mass is 147 g/mol. The molecule has 52 valence electrons. The van der Waals surface area contributed by atoms with E-state index in [9.17, 15) is 8.42 Å². The molecule has 0 fully saturated rings. The van der Waals surface area contributed by atoms with Crippen molar-refractivity contribution in [2.45, 2.75) is 13.8 Å². The molecule has 0 aromatic carbocycles. The average Bonchev–Trinajstić information content (AvgIpc) is 1.63. The van der Waals surface area contributed by atoms with Gasteiger partial charge in [0, 0.05) is 11.1 Å². The summed E-state index contributed by atoms with van der Waals surface area (Å²) in [4.78, 5) is 0. The standard InChI is InChI=1S/C5H9NO2S/c1-4-9(7,8)6-5(2)3/h4H,1H2,2-3H3. The fraction of sp³-hybridized carbons (Fsp3) is 0.400. The van der Waals surface area contributed by atoms with Gasteiger partial charge in [0.15, 0.2) is 0 Å². The van der Waals surface area contributed by atoms with E-state index in [2.05, 4.69) is 11.0 Å². The van der Waals surface area contributed by atoms with Gasteiger partial charge in [-0.2, -0.15) is 12.8 Å². The lowest BCUT2D eigenvalue weighted by Gasteiger charge is -1.87. The molecule has 0 rings (SSSR count). The van der Waals surface area contributed by atoms with Gasteiger partial charge in [0.1, 0.15) is 0 Å². The highest BCUT2D eigenvalue weighted by Crippen LogP contribution is 1.92. The summed E-state index contributed by atoms with van der Waals surface area (Å²) in [5.41, 5.74) is 0.509. The van der Waals surface area contributed by atoms with Crippen LogP contribution in [0.4, 0.5) is 0 Å². The van der Waals surface area contributed by atoms with Gasteiger partial charge in [0.05, 0.1) is 0 Å². The van der Waals surface area contributed by atoms with Crippen LogP contribution >= 0.6 is 0 Å². The van der Waals surface area contributed by atoms with Gasteiger partial charge < -0.3 is 0 Å². The third-order valence-electron chi connectivity index (χ3n) is 0.520. The lowest BCUT2D eigenvalue weighted by atomic mass is 10.5. The molecular weight excluding hydrogens is 138 g/mol. The summed E-state index contributed by atoms with van der Waals surface area (Å²) in [6, 6.07) is 0. The topological polar surface area (TPSA) is 46.5 Å². The molecule has 0 bridgehead atoms. The molecule has 0 spiro atoms. The zero-order chi connectivity index (χ0) is 7.49. The van der Waals surface area contributed by atoms with E-state index in [1.54, 1.807) is 13.8 Å². The summed E-state index contributed by atoms with van der Waals surface area (Å²) < 4.78 is 24.3. The molecule has 0 radical (unpaired) electrons. The number of sulfonamides is 1. The van der Waals surface area contributed by atoms with Crippen molar-refractivity contribution in [1.29, 1.82) is 0 Å². The van der Waals surface area contributed by atoms with Crippen LogP contribution in [0.1, 0.15) is 13.8 Å². The predicted octanol–water partition coefficient (Wildman–Crippen LogP) is 0.941. The van der Waals surface area contributed by atoms with E-state index in [-0.39, 0.29) is 0 Å². The van der Waals surface area contributed by atoms with Crippen molar-refractivity contribution in [3.05, 3.63) is 12.0 Å². The fourth-order valence-electron chi connectivity index (χ4n) is 0.292. The van der Waals surface area contributed by atoms with Crippen LogP contribution in [0.5, 0.6) is 0 Å². The van der Waals surface area contributed by atoms with Gasteiger partial charge in [-0.3, -0.25) is 0 Å². The van der Waals surface area contributed by atoms with E-state index in [1.807, 2.05) is 0 Å². The second-order valence-corrected chi connectivity index (χ2v) is 3.27. The molecule has 9 heavy (non-hydrogen) atoms. The third-order valence-corrected chi connectivity index (χ3v) is 1.56. The Balaban J connectivity index is 4.61. The van der Waals surface area contributed by atoms with Crippen LogP contribution in [-0.4, -0.2) is 14.1 Å². The minimum Gasteiger partial charge on any atom is -0.200 e. The van der Waals surface area contributed by atoms with E-state index >= 15 is 0 Å². The van der Waals surface area contributed by atoms with Crippen LogP contribution in [0.3, 0.4) is 0 Å². The molecule has 3 nitrogen and oxygen atoms in total. The summed E-state index contributed by atoms with van der Waals surface area (Å²) in [5.74, 6) is 0. The number of hydrogen-bond donors (Lipinski definition) is 0. The van der Waals surface area contributed by atoms with Crippen LogP contribution in [0.15, 0.2) is 16.4 Å². The molecule has 0 aromatic heterocycles. The van der Waals surface area contributed by atoms with Crippen molar-refractivity contribution >= 4 is 15.7 Å². The SMILES string of the molecule is C=CS(=O)(=O)N=C(C)C. The van der Waals surface area contributed by atoms with Gasteiger partial charge >= 0.3 is 0 Å². The Morgan fingerprint density at radius 1 is 1.56 bits per heavy atom. The van der Waals surface area contributed by atoms with Crippen LogP contribution in [0.2, 0.25) is 0 Å². The Morgan fingerprint density at radius 2 is 2.00 bits per heavy atom. The van der Waals surface area contributed by atoms with Gasteiger partial charge in [-0.05, 0) is 13.8 Å². The quantitative estimate of drug-likeness (QED) is 0.546. The molecule has 0 heterocycles. The molecule has 0 N–H and O–H groups in total. The van der Waals surface area contributed by atoms with Crippen LogP contribution in [0.25, 0.3) is 0 Å². The normalized spacial score (nSPS) is 10.4. The van der Waals surface area contributed by atoms with Crippen LogP contribution in [-0.2, 0) is 10.0 Å². The fourth-order valence-corrected chi connectivity index (χ4v) is 0.875. The number of hydrogen-bond acceptors (Lipinski definition) is 2. The summed E-state index contributed by atoms with van der Waals surface area (Å²) in [5, 5.41) is 0.819. The van der Waals surface area contributed by atoms with E-state index in [0.717, 1.165) is 5.41 Å². The smallest absolute Gasteiger partial charge is 0.200 e. The lowest BCUT2D eigenvalue weighted by molar-refractivity contribution is 0.606. The average molecular weight is 147 g/mol. The first-order valence-corrected chi connectivity index (χ1v) is 3.89. The molecule has 0 saturated carbocycles. The minimum atomic E-state index is -3.37. The molecule has 0 saturated heterocycles. The summed E-state index contributed by atoms with van der Waals surface area (Å²) in [7, 11) is -3.37. The number of nitrogens with zero attached hydrogens (tertiary/aromatic N) is 1. The van der Waals surface area contributed by atoms with E-state index in [0.29, 0.717) is 5.71 Å². The van der Waals surface area contributed by atoms with Crippen molar-refractivity contribution in [3.8, 4) is 0 Å². The molecule has 4 heteroatoms. The summed E-state index contributed by atoms with van der Waals surface area (Å²) in [6.07, 6.45) is 0. The van der Waals surface area contributed by atoms with Gasteiger partial charge in [-0.1, -0.05) is 6.58 Å². The Labute approximate surface area is 55.2 Å². The highest BCUT2D eigenvalue weighted by atomic mass is 32.2. The first-order valence-electron chi connectivity index (χ1n) is 2.38. The Bertz CT molecular complexity index is 221. The van der Waals surface area contributed by atoms with Crippen LogP contribution in [0, 0.1) is 0 Å². The molecule has 0 aliphatic heterocycles. The molecule has 0 aliphatic rings. The van der Waals surface area contributed by atoms with E-state index < -0.39 is 10.0 Å². The molecule has 0 aromatic rings. The summed E-state index contributed by atoms with van der Waals surface area (Å²) >= 11 is 0. The molecule has 0 amide bonds. The van der Waals surface area contributed by atoms with Crippen molar-refractivity contribution in [1.82, 2.24) is 0 Å².